The van der Waals surface area contributed by atoms with Crippen molar-refractivity contribution in [2.24, 2.45) is 0 Å². The third-order valence-electron chi connectivity index (χ3n) is 7.15. The molecule has 2 aromatic heterocycles. The Morgan fingerprint density at radius 1 is 0.675 bits per heavy atom. The maximum atomic E-state index is 6.25. The highest BCUT2D eigenvalue weighted by Crippen LogP contribution is 2.33. The average Bonchev–Trinajstić information content (AvgIpc) is 3.46. The summed E-state index contributed by atoms with van der Waals surface area (Å²) in [6.45, 7) is 16.6. The van der Waals surface area contributed by atoms with Crippen LogP contribution in [0.2, 0.25) is 51.4 Å². The summed E-state index contributed by atoms with van der Waals surface area (Å²) in [5.74, 6) is 0.824. The van der Waals surface area contributed by atoms with E-state index in [2.05, 4.69) is 105 Å². The fourth-order valence-electron chi connectivity index (χ4n) is 4.70. The van der Waals surface area contributed by atoms with Gasteiger partial charge in [-0.1, -0.05) is 87.8 Å². The molecule has 0 aliphatic carbocycles. The molecule has 0 radical (unpaired) electrons. The molecule has 3 aromatic carbocycles. The van der Waals surface area contributed by atoms with Gasteiger partial charge in [-0.25, -0.2) is 9.67 Å². The van der Waals surface area contributed by atoms with E-state index in [4.69, 9.17) is 19.6 Å². The number of benzene rings is 3. The van der Waals surface area contributed by atoms with Gasteiger partial charge in [0.1, 0.15) is 19.2 Å². The van der Waals surface area contributed by atoms with Crippen molar-refractivity contribution in [1.82, 2.24) is 19.3 Å². The van der Waals surface area contributed by atoms with Gasteiger partial charge in [0.05, 0.1) is 16.6 Å². The number of rotatable bonds is 12. The molecule has 40 heavy (non-hydrogen) atoms. The Balaban J connectivity index is 1.57. The van der Waals surface area contributed by atoms with Crippen molar-refractivity contribution in [1.29, 1.82) is 0 Å². The second kappa shape index (κ2) is 11.8. The molecule has 0 spiro atoms. The van der Waals surface area contributed by atoms with Crippen LogP contribution in [0.1, 0.15) is 0 Å². The lowest BCUT2D eigenvalue weighted by molar-refractivity contribution is 0.0817. The fourth-order valence-corrected chi connectivity index (χ4v) is 6.22. The normalized spacial score (nSPS) is 12.6. The number of imidazole rings is 1. The minimum absolute atomic E-state index is 0.415. The van der Waals surface area contributed by atoms with Crippen molar-refractivity contribution in [2.75, 3.05) is 13.2 Å². The molecule has 5 aromatic rings. The van der Waals surface area contributed by atoms with Crippen LogP contribution in [0, 0.1) is 0 Å². The maximum absolute atomic E-state index is 6.25. The van der Waals surface area contributed by atoms with E-state index in [1.54, 1.807) is 0 Å². The van der Waals surface area contributed by atoms with E-state index in [0.717, 1.165) is 64.3 Å². The molecule has 0 atom stereocenters. The highest BCUT2D eigenvalue weighted by atomic mass is 28.3. The summed E-state index contributed by atoms with van der Waals surface area (Å²) in [4.78, 5) is 5.09. The third kappa shape index (κ3) is 6.80. The van der Waals surface area contributed by atoms with Gasteiger partial charge in [0.2, 0.25) is 0 Å². The molecule has 6 nitrogen and oxygen atoms in total. The van der Waals surface area contributed by atoms with Crippen molar-refractivity contribution in [3.8, 4) is 22.6 Å². The van der Waals surface area contributed by atoms with E-state index in [1.807, 2.05) is 16.8 Å². The van der Waals surface area contributed by atoms with Gasteiger partial charge in [-0.2, -0.15) is 5.10 Å². The summed E-state index contributed by atoms with van der Waals surface area (Å²) in [5, 5.41) is 6.19. The van der Waals surface area contributed by atoms with E-state index in [1.165, 1.54) is 5.56 Å². The van der Waals surface area contributed by atoms with Gasteiger partial charge in [0, 0.05) is 34.7 Å². The lowest BCUT2D eigenvalue weighted by atomic mass is 10.0. The van der Waals surface area contributed by atoms with Gasteiger partial charge < -0.3 is 9.47 Å². The number of nitrogens with zero attached hydrogens (tertiary/aromatic N) is 4. The van der Waals surface area contributed by atoms with Crippen LogP contribution in [-0.4, -0.2) is 48.7 Å². The number of hydrogen-bond donors (Lipinski definition) is 0. The molecule has 0 saturated heterocycles. The Hall–Kier alpha value is -3.05. The standard InChI is InChI=1S/C32H42N4O2Si2/c1-39(2,3)20-18-37-23-35-30-15-11-10-14-28(30)33-32(35)31-27-22-26(25-12-8-7-9-13-25)16-17-29(27)36(34-31)24-38-19-21-40(4,5)6/h7-17,22H,18-21,23-24H2,1-6H3. The Kier molecular flexibility index (Phi) is 8.42. The van der Waals surface area contributed by atoms with E-state index in [0.29, 0.717) is 13.5 Å². The Bertz CT molecular complexity index is 1580. The Morgan fingerprint density at radius 2 is 1.32 bits per heavy atom. The highest BCUT2D eigenvalue weighted by Gasteiger charge is 2.21. The van der Waals surface area contributed by atoms with E-state index >= 15 is 0 Å². The molecule has 2 heterocycles. The minimum Gasteiger partial charge on any atom is -0.361 e. The van der Waals surface area contributed by atoms with Crippen molar-refractivity contribution in [3.63, 3.8) is 0 Å². The Labute approximate surface area is 240 Å². The number of fused-ring (bicyclic) bond motifs is 2. The summed E-state index contributed by atoms with van der Waals surface area (Å²) in [5.41, 5.74) is 6.23. The van der Waals surface area contributed by atoms with Gasteiger partial charge >= 0.3 is 0 Å². The second-order valence-electron chi connectivity index (χ2n) is 13.0. The lowest BCUT2D eigenvalue weighted by Crippen LogP contribution is -2.22. The molecule has 0 aliphatic heterocycles. The van der Waals surface area contributed by atoms with Gasteiger partial charge in [-0.15, -0.1) is 0 Å². The first-order chi connectivity index (χ1) is 19.1. The molecule has 210 valence electrons. The minimum atomic E-state index is -1.19. The van der Waals surface area contributed by atoms with Crippen LogP contribution >= 0.6 is 0 Å². The number of para-hydroxylation sites is 2. The van der Waals surface area contributed by atoms with Crippen LogP contribution in [0.15, 0.2) is 72.8 Å². The fraction of sp³-hybridized carbons (Fsp3) is 0.375. The van der Waals surface area contributed by atoms with Gasteiger partial charge in [0.25, 0.3) is 0 Å². The van der Waals surface area contributed by atoms with Gasteiger partial charge in [-0.05, 0) is 47.5 Å². The van der Waals surface area contributed by atoms with E-state index < -0.39 is 16.1 Å². The topological polar surface area (TPSA) is 54.1 Å². The molecule has 8 heteroatoms. The number of ether oxygens (including phenoxy) is 2. The van der Waals surface area contributed by atoms with Crippen LogP contribution in [0.3, 0.4) is 0 Å². The first kappa shape index (κ1) is 28.5. The Morgan fingerprint density at radius 3 is 2.02 bits per heavy atom. The highest BCUT2D eigenvalue weighted by molar-refractivity contribution is 6.76. The molecular formula is C32H42N4O2Si2. The molecule has 0 N–H and O–H groups in total. The molecule has 0 unspecified atom stereocenters. The molecule has 0 saturated carbocycles. The molecule has 0 bridgehead atoms. The van der Waals surface area contributed by atoms with Crippen LogP contribution in [0.25, 0.3) is 44.6 Å². The second-order valence-corrected chi connectivity index (χ2v) is 24.2. The zero-order valence-electron chi connectivity index (χ0n) is 24.8. The van der Waals surface area contributed by atoms with Gasteiger partial charge in [-0.3, -0.25) is 4.57 Å². The van der Waals surface area contributed by atoms with Crippen LogP contribution in [0.5, 0.6) is 0 Å². The summed E-state index contributed by atoms with van der Waals surface area (Å²) >= 11 is 0. The monoisotopic (exact) mass is 570 g/mol. The third-order valence-corrected chi connectivity index (χ3v) is 10.6. The van der Waals surface area contributed by atoms with Gasteiger partial charge in [0.15, 0.2) is 5.82 Å². The molecule has 0 amide bonds. The molecule has 0 aliphatic rings. The van der Waals surface area contributed by atoms with Crippen LogP contribution < -0.4 is 0 Å². The predicted octanol–water partition coefficient (Wildman–Crippen LogP) is 8.34. The summed E-state index contributed by atoms with van der Waals surface area (Å²) < 4.78 is 16.6. The van der Waals surface area contributed by atoms with Crippen LogP contribution in [0.4, 0.5) is 0 Å². The van der Waals surface area contributed by atoms with E-state index in [9.17, 15) is 0 Å². The maximum Gasteiger partial charge on any atom is 0.164 e. The van der Waals surface area contributed by atoms with Crippen molar-refractivity contribution in [3.05, 3.63) is 72.8 Å². The predicted molar refractivity (Wildman–Crippen MR) is 172 cm³/mol. The summed E-state index contributed by atoms with van der Waals surface area (Å²) in [6.07, 6.45) is 0. The van der Waals surface area contributed by atoms with Crippen molar-refractivity contribution >= 4 is 38.1 Å². The molecule has 0 fully saturated rings. The number of hydrogen-bond acceptors (Lipinski definition) is 4. The SMILES string of the molecule is C[Si](C)(C)CCOCn1nc(-c2nc3ccccc3n2COCC[Si](C)(C)C)c2cc(-c3ccccc3)ccc21. The summed E-state index contributed by atoms with van der Waals surface area (Å²) in [6, 6.07) is 27.6. The zero-order valence-corrected chi connectivity index (χ0v) is 26.8. The van der Waals surface area contributed by atoms with Crippen molar-refractivity contribution < 1.29 is 9.47 Å². The van der Waals surface area contributed by atoms with Crippen molar-refractivity contribution in [2.45, 2.75) is 64.8 Å². The summed E-state index contributed by atoms with van der Waals surface area (Å²) in [7, 11) is -2.36. The number of aromatic nitrogens is 4. The first-order valence-electron chi connectivity index (χ1n) is 14.3. The smallest absolute Gasteiger partial charge is 0.164 e. The van der Waals surface area contributed by atoms with Crippen LogP contribution in [-0.2, 0) is 22.9 Å². The quantitative estimate of drug-likeness (QED) is 0.112. The largest absolute Gasteiger partial charge is 0.361 e. The van der Waals surface area contributed by atoms with E-state index in [-0.39, 0.29) is 0 Å². The lowest BCUT2D eigenvalue weighted by Gasteiger charge is -2.16. The molecular weight excluding hydrogens is 529 g/mol. The zero-order chi connectivity index (χ0) is 28.3. The average molecular weight is 571 g/mol. The first-order valence-corrected chi connectivity index (χ1v) is 21.7. The molecule has 5 rings (SSSR count).